The number of amides is 1. The third-order valence-electron chi connectivity index (χ3n) is 7.29. The number of anilines is 2. The smallest absolute Gasteiger partial charge is 0.227 e. The van der Waals surface area contributed by atoms with Crippen LogP contribution in [0.1, 0.15) is 69.0 Å². The van der Waals surface area contributed by atoms with Crippen molar-refractivity contribution in [2.75, 3.05) is 16.8 Å². The Labute approximate surface area is 219 Å². The number of hydrogen-bond donors (Lipinski definition) is 1. The summed E-state index contributed by atoms with van der Waals surface area (Å²) in [5, 5.41) is 3.59. The number of ketones is 1. The highest BCUT2D eigenvalue weighted by Crippen LogP contribution is 2.47. The van der Waals surface area contributed by atoms with Gasteiger partial charge in [0, 0.05) is 24.1 Å². The largest absolute Gasteiger partial charge is 0.494 e. The first kappa shape index (κ1) is 24.8. The summed E-state index contributed by atoms with van der Waals surface area (Å²) in [4.78, 5) is 29.2. The third kappa shape index (κ3) is 5.04. The van der Waals surface area contributed by atoms with Crippen molar-refractivity contribution in [1.29, 1.82) is 0 Å². The van der Waals surface area contributed by atoms with E-state index in [9.17, 15) is 9.59 Å². The molecule has 37 heavy (non-hydrogen) atoms. The number of Topliss-reactive ketones (excluding diaryl/α,β-unsaturated/α-hetero) is 1. The normalized spacial score (nSPS) is 19.0. The zero-order chi connectivity index (χ0) is 25.8. The first-order valence-corrected chi connectivity index (χ1v) is 13.3. The van der Waals surface area contributed by atoms with E-state index in [1.807, 2.05) is 78.6 Å². The lowest BCUT2D eigenvalue weighted by atomic mass is 9.78. The number of carbonyl (C=O) groups excluding carboxylic acids is 2. The number of hydrogen-bond acceptors (Lipinski definition) is 4. The molecule has 0 bridgehead atoms. The van der Waals surface area contributed by atoms with Crippen LogP contribution in [0.25, 0.3) is 0 Å². The number of rotatable bonds is 7. The quantitative estimate of drug-likeness (QED) is 0.354. The number of nitrogens with one attached hydrogen (secondary N) is 1. The van der Waals surface area contributed by atoms with Gasteiger partial charge in [0.2, 0.25) is 5.91 Å². The molecule has 0 saturated heterocycles. The predicted molar refractivity (Wildman–Crippen MR) is 148 cm³/mol. The van der Waals surface area contributed by atoms with Gasteiger partial charge in [0.15, 0.2) is 5.78 Å². The van der Waals surface area contributed by atoms with Gasteiger partial charge in [0.05, 0.1) is 24.0 Å². The Morgan fingerprint density at radius 3 is 2.38 bits per heavy atom. The van der Waals surface area contributed by atoms with Gasteiger partial charge in [0.25, 0.3) is 0 Å². The average molecular weight is 495 g/mol. The second-order valence-corrected chi connectivity index (χ2v) is 9.76. The molecule has 5 heteroatoms. The Balaban J connectivity index is 1.55. The number of unbranched alkanes of at least 4 members (excludes halogenated alkanes) is 1. The van der Waals surface area contributed by atoms with Gasteiger partial charge in [-0.05, 0) is 54.2 Å². The van der Waals surface area contributed by atoms with Crippen molar-refractivity contribution in [2.24, 2.45) is 0 Å². The van der Waals surface area contributed by atoms with Crippen LogP contribution in [0, 0.1) is 0 Å². The number of nitrogens with zero attached hydrogens (tertiary/aromatic N) is 1. The molecule has 0 spiro atoms. The minimum atomic E-state index is -0.470. The van der Waals surface area contributed by atoms with Crippen LogP contribution >= 0.6 is 0 Å². The summed E-state index contributed by atoms with van der Waals surface area (Å²) >= 11 is 0. The van der Waals surface area contributed by atoms with E-state index in [1.165, 1.54) is 0 Å². The summed E-state index contributed by atoms with van der Waals surface area (Å²) < 4.78 is 5.83. The maximum absolute atomic E-state index is 13.9. The van der Waals surface area contributed by atoms with E-state index in [0.29, 0.717) is 31.4 Å². The molecule has 1 aliphatic heterocycles. The zero-order valence-electron chi connectivity index (χ0n) is 21.6. The molecule has 0 fully saturated rings. The van der Waals surface area contributed by atoms with Crippen molar-refractivity contribution in [3.05, 3.63) is 101 Å². The lowest BCUT2D eigenvalue weighted by Crippen LogP contribution is -2.38. The molecule has 3 aromatic carbocycles. The van der Waals surface area contributed by atoms with Crippen LogP contribution in [0.4, 0.5) is 11.4 Å². The topological polar surface area (TPSA) is 58.6 Å². The molecule has 2 aliphatic rings. The zero-order valence-corrected chi connectivity index (χ0v) is 21.6. The molecule has 3 aromatic rings. The molecule has 1 heterocycles. The van der Waals surface area contributed by atoms with Crippen LogP contribution in [0.3, 0.4) is 0 Å². The lowest BCUT2D eigenvalue weighted by molar-refractivity contribution is -0.119. The van der Waals surface area contributed by atoms with Crippen LogP contribution in [0.5, 0.6) is 5.75 Å². The summed E-state index contributed by atoms with van der Waals surface area (Å²) in [5.41, 5.74) is 5.31. The molecule has 1 N–H and O–H groups in total. The number of para-hydroxylation sites is 2. The molecule has 2 atom stereocenters. The lowest BCUT2D eigenvalue weighted by Gasteiger charge is -2.35. The van der Waals surface area contributed by atoms with Crippen LogP contribution in [0.15, 0.2) is 90.1 Å². The fourth-order valence-electron chi connectivity index (χ4n) is 5.39. The Kier molecular flexibility index (Phi) is 7.40. The molecule has 0 aromatic heterocycles. The molecule has 5 nitrogen and oxygen atoms in total. The van der Waals surface area contributed by atoms with Gasteiger partial charge >= 0.3 is 0 Å². The van der Waals surface area contributed by atoms with Gasteiger partial charge in [-0.25, -0.2) is 0 Å². The minimum Gasteiger partial charge on any atom is -0.494 e. The molecular weight excluding hydrogens is 460 g/mol. The van der Waals surface area contributed by atoms with E-state index in [4.69, 9.17) is 4.74 Å². The molecule has 1 aliphatic carbocycles. The summed E-state index contributed by atoms with van der Waals surface area (Å²) in [6.07, 6.45) is 3.58. The maximum atomic E-state index is 13.9. The first-order valence-electron chi connectivity index (χ1n) is 13.3. The maximum Gasteiger partial charge on any atom is 0.227 e. The first-order chi connectivity index (χ1) is 18.1. The molecule has 0 radical (unpaired) electrons. The molecule has 0 saturated carbocycles. The van der Waals surface area contributed by atoms with Crippen molar-refractivity contribution in [2.45, 2.75) is 57.9 Å². The molecule has 5 rings (SSSR count). The SMILES string of the molecule is CCCCOc1ccc(C2CC(=O)C3=C(C2)Nc2ccccc2N(C(=O)CC)C3c2ccccc2)cc1. The summed E-state index contributed by atoms with van der Waals surface area (Å²) in [6, 6.07) is 25.5. The highest BCUT2D eigenvalue weighted by Gasteiger charge is 2.41. The molecule has 190 valence electrons. The van der Waals surface area contributed by atoms with E-state index in [0.717, 1.165) is 46.8 Å². The second-order valence-electron chi connectivity index (χ2n) is 9.76. The summed E-state index contributed by atoms with van der Waals surface area (Å²) in [5.74, 6) is 0.988. The monoisotopic (exact) mass is 494 g/mol. The highest BCUT2D eigenvalue weighted by molar-refractivity contribution is 6.06. The van der Waals surface area contributed by atoms with Crippen molar-refractivity contribution < 1.29 is 14.3 Å². The van der Waals surface area contributed by atoms with Gasteiger partial charge in [-0.15, -0.1) is 0 Å². The van der Waals surface area contributed by atoms with Crippen LogP contribution in [-0.4, -0.2) is 18.3 Å². The number of benzene rings is 3. The van der Waals surface area contributed by atoms with Crippen LogP contribution < -0.4 is 15.0 Å². The Morgan fingerprint density at radius 2 is 1.65 bits per heavy atom. The number of fused-ring (bicyclic) bond motifs is 1. The Hall–Kier alpha value is -3.86. The Bertz CT molecular complexity index is 1300. The van der Waals surface area contributed by atoms with E-state index in [2.05, 4.69) is 24.4 Å². The van der Waals surface area contributed by atoms with Gasteiger partial charge in [-0.3, -0.25) is 14.5 Å². The minimum absolute atomic E-state index is 0.00885. The molecular formula is C32H34N2O3. The fraction of sp³-hybridized carbons (Fsp3) is 0.312. The average Bonchev–Trinajstić information content (AvgIpc) is 3.08. The number of carbonyl (C=O) groups is 2. The molecule has 2 unspecified atom stereocenters. The van der Waals surface area contributed by atoms with Crippen molar-refractivity contribution in [3.63, 3.8) is 0 Å². The van der Waals surface area contributed by atoms with E-state index in [-0.39, 0.29) is 17.6 Å². The Morgan fingerprint density at radius 1 is 0.919 bits per heavy atom. The van der Waals surface area contributed by atoms with Gasteiger partial charge in [-0.2, -0.15) is 0 Å². The number of allylic oxidation sites excluding steroid dienone is 1. The van der Waals surface area contributed by atoms with Crippen LogP contribution in [-0.2, 0) is 9.59 Å². The number of ether oxygens (including phenoxy) is 1. The summed E-state index contributed by atoms with van der Waals surface area (Å²) in [6.45, 7) is 4.73. The van der Waals surface area contributed by atoms with Crippen LogP contribution in [0.2, 0.25) is 0 Å². The standard InChI is InChI=1S/C32H34N2O3/c1-3-5-19-37-25-17-15-22(16-18-25)24-20-27-31(29(35)21-24)32(23-11-7-6-8-12-23)34(30(36)4-2)28-14-10-9-13-26(28)33-27/h6-18,24,32-33H,3-5,19-21H2,1-2H3. The fourth-order valence-corrected chi connectivity index (χ4v) is 5.39. The van der Waals surface area contributed by atoms with Crippen molar-refractivity contribution >= 4 is 23.1 Å². The van der Waals surface area contributed by atoms with Gasteiger partial charge < -0.3 is 10.1 Å². The molecule has 1 amide bonds. The summed E-state index contributed by atoms with van der Waals surface area (Å²) in [7, 11) is 0. The van der Waals surface area contributed by atoms with E-state index >= 15 is 0 Å². The highest BCUT2D eigenvalue weighted by atomic mass is 16.5. The second kappa shape index (κ2) is 11.0. The van der Waals surface area contributed by atoms with Gasteiger partial charge in [-0.1, -0.05) is 74.9 Å². The van der Waals surface area contributed by atoms with Crippen molar-refractivity contribution in [3.8, 4) is 5.75 Å². The van der Waals surface area contributed by atoms with Crippen molar-refractivity contribution in [1.82, 2.24) is 0 Å². The van der Waals surface area contributed by atoms with Gasteiger partial charge in [0.1, 0.15) is 5.75 Å². The van der Waals surface area contributed by atoms with E-state index in [1.54, 1.807) is 0 Å². The third-order valence-corrected chi connectivity index (χ3v) is 7.29. The predicted octanol–water partition coefficient (Wildman–Crippen LogP) is 7.18. The van der Waals surface area contributed by atoms with E-state index < -0.39 is 6.04 Å².